The number of halogens is 1. The Morgan fingerprint density at radius 3 is 2.64 bits per heavy atom. The van der Waals surface area contributed by atoms with Crippen molar-refractivity contribution in [2.75, 3.05) is 7.11 Å². The molecule has 0 saturated carbocycles. The second-order valence-corrected chi connectivity index (χ2v) is 5.80. The Bertz CT molecular complexity index is 854. The van der Waals surface area contributed by atoms with E-state index in [-0.39, 0.29) is 11.5 Å². The highest BCUT2D eigenvalue weighted by Gasteiger charge is 2.23. The van der Waals surface area contributed by atoms with Crippen molar-refractivity contribution in [3.05, 3.63) is 70.7 Å². The van der Waals surface area contributed by atoms with Crippen LogP contribution in [0, 0.1) is 12.7 Å². The van der Waals surface area contributed by atoms with Crippen LogP contribution in [0.4, 0.5) is 4.39 Å². The van der Waals surface area contributed by atoms with Crippen LogP contribution in [0.15, 0.2) is 53.2 Å². The Kier molecular flexibility index (Phi) is 4.93. The molecule has 0 radical (unpaired) electrons. The summed E-state index contributed by atoms with van der Waals surface area (Å²) in [5.74, 6) is 0.288. The minimum absolute atomic E-state index is 0.248. The first-order valence-electron chi connectivity index (χ1n) is 7.95. The smallest absolute Gasteiger partial charge is 0.363 e. The third-order valence-corrected chi connectivity index (χ3v) is 3.88. The first kappa shape index (κ1) is 16.9. The molecule has 25 heavy (non-hydrogen) atoms. The van der Waals surface area contributed by atoms with E-state index in [0.717, 1.165) is 16.7 Å². The Balaban J connectivity index is 1.76. The van der Waals surface area contributed by atoms with Gasteiger partial charge in [0.25, 0.3) is 0 Å². The molecule has 3 rings (SSSR count). The molecule has 0 aliphatic carbocycles. The van der Waals surface area contributed by atoms with Crippen LogP contribution >= 0.6 is 0 Å². The summed E-state index contributed by atoms with van der Waals surface area (Å²) in [6, 6.07) is 11.9. The molecule has 1 aliphatic heterocycles. The van der Waals surface area contributed by atoms with Gasteiger partial charge in [-0.2, -0.15) is 0 Å². The SMILES string of the molecule is COc1ccc(C)cc1/C=C1/N=C(CCc2ccc(F)cc2)OC1=O. The number of hydrogen-bond acceptors (Lipinski definition) is 4. The fourth-order valence-corrected chi connectivity index (χ4v) is 2.58. The van der Waals surface area contributed by atoms with Crippen LogP contribution in [0.25, 0.3) is 6.08 Å². The molecule has 0 spiro atoms. The number of aliphatic imine (C=N–C) groups is 1. The van der Waals surface area contributed by atoms with Gasteiger partial charge >= 0.3 is 5.97 Å². The van der Waals surface area contributed by atoms with Gasteiger partial charge in [-0.3, -0.25) is 0 Å². The van der Waals surface area contributed by atoms with E-state index < -0.39 is 5.97 Å². The van der Waals surface area contributed by atoms with Crippen molar-refractivity contribution < 1.29 is 18.7 Å². The van der Waals surface area contributed by atoms with Crippen LogP contribution in [0.3, 0.4) is 0 Å². The van der Waals surface area contributed by atoms with Crippen LogP contribution in [-0.4, -0.2) is 19.0 Å². The van der Waals surface area contributed by atoms with Crippen LogP contribution in [0.2, 0.25) is 0 Å². The Morgan fingerprint density at radius 2 is 1.92 bits per heavy atom. The summed E-state index contributed by atoms with van der Waals surface area (Å²) in [5.41, 5.74) is 3.04. The third-order valence-electron chi connectivity index (χ3n) is 3.88. The van der Waals surface area contributed by atoms with Gasteiger partial charge in [-0.25, -0.2) is 14.2 Å². The fraction of sp³-hybridized carbons (Fsp3) is 0.200. The molecule has 0 bridgehead atoms. The summed E-state index contributed by atoms with van der Waals surface area (Å²) in [6.07, 6.45) is 2.76. The molecule has 0 unspecified atom stereocenters. The molecular formula is C20H18FNO3. The van der Waals surface area contributed by atoms with E-state index in [1.54, 1.807) is 25.3 Å². The number of hydrogen-bond donors (Lipinski definition) is 0. The monoisotopic (exact) mass is 339 g/mol. The van der Waals surface area contributed by atoms with Crippen molar-refractivity contribution >= 4 is 17.9 Å². The van der Waals surface area contributed by atoms with Gasteiger partial charge in [0.05, 0.1) is 7.11 Å². The Labute approximate surface area is 145 Å². The zero-order valence-corrected chi connectivity index (χ0v) is 14.1. The topological polar surface area (TPSA) is 47.9 Å². The van der Waals surface area contributed by atoms with Crippen molar-refractivity contribution in [1.82, 2.24) is 0 Å². The molecule has 2 aromatic rings. The lowest BCUT2D eigenvalue weighted by Gasteiger charge is -2.05. The van der Waals surface area contributed by atoms with Gasteiger partial charge < -0.3 is 9.47 Å². The second kappa shape index (κ2) is 7.30. The number of benzene rings is 2. The van der Waals surface area contributed by atoms with Crippen molar-refractivity contribution in [3.63, 3.8) is 0 Å². The molecule has 0 atom stereocenters. The van der Waals surface area contributed by atoms with Gasteiger partial charge in [0.2, 0.25) is 0 Å². The van der Waals surface area contributed by atoms with E-state index in [1.807, 2.05) is 25.1 Å². The minimum Gasteiger partial charge on any atom is -0.496 e. The first-order chi connectivity index (χ1) is 12.0. The van der Waals surface area contributed by atoms with Gasteiger partial charge in [-0.05, 0) is 49.2 Å². The molecule has 4 nitrogen and oxygen atoms in total. The number of methoxy groups -OCH3 is 1. The molecule has 1 heterocycles. The number of aryl methyl sites for hydroxylation is 2. The molecule has 0 saturated heterocycles. The van der Waals surface area contributed by atoms with Crippen LogP contribution in [-0.2, 0) is 16.0 Å². The summed E-state index contributed by atoms with van der Waals surface area (Å²) < 4.78 is 23.5. The lowest BCUT2D eigenvalue weighted by molar-refractivity contribution is -0.130. The van der Waals surface area contributed by atoms with Gasteiger partial charge in [-0.15, -0.1) is 0 Å². The Hall–Kier alpha value is -2.95. The highest BCUT2D eigenvalue weighted by molar-refractivity contribution is 6.07. The maximum absolute atomic E-state index is 12.9. The predicted molar refractivity (Wildman–Crippen MR) is 94.0 cm³/mol. The van der Waals surface area contributed by atoms with Crippen LogP contribution < -0.4 is 4.74 Å². The van der Waals surface area contributed by atoms with Gasteiger partial charge in [-0.1, -0.05) is 23.8 Å². The maximum Gasteiger partial charge on any atom is 0.363 e. The van der Waals surface area contributed by atoms with Gasteiger partial charge in [0.15, 0.2) is 11.6 Å². The van der Waals surface area contributed by atoms with E-state index in [2.05, 4.69) is 4.99 Å². The molecule has 0 amide bonds. The van der Waals surface area contributed by atoms with Crippen molar-refractivity contribution in [3.8, 4) is 5.75 Å². The summed E-state index contributed by atoms with van der Waals surface area (Å²) in [7, 11) is 1.58. The maximum atomic E-state index is 12.9. The number of rotatable bonds is 5. The number of cyclic esters (lactones) is 1. The second-order valence-electron chi connectivity index (χ2n) is 5.80. The molecule has 1 aliphatic rings. The minimum atomic E-state index is -0.474. The standard InChI is InChI=1S/C20H18FNO3/c1-13-3-9-18(24-2)15(11-13)12-17-20(23)25-19(22-17)10-6-14-4-7-16(21)8-5-14/h3-5,7-9,11-12H,6,10H2,1-2H3/b17-12+. The predicted octanol–water partition coefficient (Wildman–Crippen LogP) is 4.07. The molecule has 5 heteroatoms. The van der Waals surface area contributed by atoms with E-state index in [1.165, 1.54) is 12.1 Å². The van der Waals surface area contributed by atoms with Crippen LogP contribution in [0.1, 0.15) is 23.1 Å². The number of ether oxygens (including phenoxy) is 2. The number of carbonyl (C=O) groups is 1. The van der Waals surface area contributed by atoms with E-state index in [4.69, 9.17) is 9.47 Å². The quantitative estimate of drug-likeness (QED) is 0.609. The molecule has 2 aromatic carbocycles. The van der Waals surface area contributed by atoms with E-state index in [0.29, 0.717) is 24.5 Å². The number of nitrogens with zero attached hydrogens (tertiary/aromatic N) is 1. The summed E-state index contributed by atoms with van der Waals surface area (Å²) in [5, 5.41) is 0. The van der Waals surface area contributed by atoms with Crippen molar-refractivity contribution in [2.24, 2.45) is 4.99 Å². The zero-order valence-electron chi connectivity index (χ0n) is 14.1. The lowest BCUT2D eigenvalue weighted by Crippen LogP contribution is -2.05. The first-order valence-corrected chi connectivity index (χ1v) is 7.95. The van der Waals surface area contributed by atoms with Gasteiger partial charge in [0, 0.05) is 12.0 Å². The molecule has 0 N–H and O–H groups in total. The number of carbonyl (C=O) groups excluding carboxylic acids is 1. The Morgan fingerprint density at radius 1 is 1.16 bits per heavy atom. The highest BCUT2D eigenvalue weighted by Crippen LogP contribution is 2.25. The lowest BCUT2D eigenvalue weighted by atomic mass is 10.1. The van der Waals surface area contributed by atoms with Gasteiger partial charge in [0.1, 0.15) is 11.6 Å². The average molecular weight is 339 g/mol. The summed E-state index contributed by atoms with van der Waals surface area (Å²) >= 11 is 0. The zero-order chi connectivity index (χ0) is 17.8. The largest absolute Gasteiger partial charge is 0.496 e. The van der Waals surface area contributed by atoms with E-state index >= 15 is 0 Å². The number of esters is 1. The molecule has 0 aromatic heterocycles. The van der Waals surface area contributed by atoms with E-state index in [9.17, 15) is 9.18 Å². The van der Waals surface area contributed by atoms with Crippen molar-refractivity contribution in [2.45, 2.75) is 19.8 Å². The summed E-state index contributed by atoms with van der Waals surface area (Å²) in [4.78, 5) is 16.3. The average Bonchev–Trinajstić information content (AvgIpc) is 2.94. The molecule has 0 fully saturated rings. The van der Waals surface area contributed by atoms with Crippen molar-refractivity contribution in [1.29, 1.82) is 0 Å². The molecule has 128 valence electrons. The fourth-order valence-electron chi connectivity index (χ4n) is 2.58. The third kappa shape index (κ3) is 4.12. The highest BCUT2D eigenvalue weighted by atomic mass is 19.1. The normalized spacial score (nSPS) is 15.2. The van der Waals surface area contributed by atoms with Crippen LogP contribution in [0.5, 0.6) is 5.75 Å². The molecular weight excluding hydrogens is 321 g/mol. The summed E-state index contributed by atoms with van der Waals surface area (Å²) in [6.45, 7) is 1.96.